The highest BCUT2D eigenvalue weighted by Gasteiger charge is 2.25. The number of fused-ring (bicyclic) bond motifs is 2. The van der Waals surface area contributed by atoms with Gasteiger partial charge in [0, 0.05) is 49.9 Å². The van der Waals surface area contributed by atoms with Gasteiger partial charge in [0.2, 0.25) is 0 Å². The first-order valence-corrected chi connectivity index (χ1v) is 12.3. The highest BCUT2D eigenvalue weighted by Crippen LogP contribution is 2.54. The van der Waals surface area contributed by atoms with Gasteiger partial charge in [-0.05, 0) is 62.7 Å². The van der Waals surface area contributed by atoms with Crippen molar-refractivity contribution in [3.8, 4) is 0 Å². The summed E-state index contributed by atoms with van der Waals surface area (Å²) in [7, 11) is -0.578. The lowest BCUT2D eigenvalue weighted by Crippen LogP contribution is -2.34. The second-order valence-corrected chi connectivity index (χ2v) is 10.7. The largest absolute Gasteiger partial charge is 0.399 e. The minimum absolute atomic E-state index is 0.578. The zero-order valence-electron chi connectivity index (χ0n) is 16.1. The normalized spacial score (nSPS) is 23.3. The van der Waals surface area contributed by atoms with Crippen molar-refractivity contribution in [3.05, 3.63) is 41.4 Å². The number of aliphatic imine (C=N–C) groups is 1. The molecule has 0 spiro atoms. The summed E-state index contributed by atoms with van der Waals surface area (Å²) < 4.78 is 0. The van der Waals surface area contributed by atoms with E-state index in [4.69, 9.17) is 10.7 Å². The number of benzene rings is 1. The van der Waals surface area contributed by atoms with Crippen LogP contribution in [0.15, 0.2) is 51.3 Å². The van der Waals surface area contributed by atoms with Crippen LogP contribution in [-0.2, 0) is 0 Å². The number of likely N-dealkylation sites (tertiary alicyclic amines) is 1. The third-order valence-corrected chi connectivity index (χ3v) is 9.07. The van der Waals surface area contributed by atoms with Gasteiger partial charge in [0.25, 0.3) is 0 Å². The van der Waals surface area contributed by atoms with E-state index in [1.165, 1.54) is 63.8 Å². The van der Waals surface area contributed by atoms with Crippen LogP contribution in [0.5, 0.6) is 0 Å². The zero-order valence-corrected chi connectivity index (χ0v) is 17.8. The molecule has 4 nitrogen and oxygen atoms in total. The molecule has 2 unspecified atom stereocenters. The van der Waals surface area contributed by atoms with Crippen molar-refractivity contribution in [2.75, 3.05) is 25.4 Å². The molecule has 0 amide bonds. The number of anilines is 1. The van der Waals surface area contributed by atoms with Gasteiger partial charge in [-0.25, -0.2) is 9.98 Å². The first kappa shape index (κ1) is 18.2. The van der Waals surface area contributed by atoms with E-state index in [9.17, 15) is 0 Å². The number of hydrogen-bond donors (Lipinski definition) is 2. The number of hydrogen-bond acceptors (Lipinski definition) is 5. The van der Waals surface area contributed by atoms with Crippen LogP contribution < -0.4 is 5.73 Å². The van der Waals surface area contributed by atoms with E-state index in [0.29, 0.717) is 5.92 Å². The Morgan fingerprint density at radius 2 is 2.18 bits per heavy atom. The monoisotopic (exact) mass is 410 g/mol. The predicted molar refractivity (Wildman–Crippen MR) is 123 cm³/mol. The van der Waals surface area contributed by atoms with Gasteiger partial charge in [-0.3, -0.25) is 0 Å². The fraction of sp³-hybridized carbons (Fsp3) is 0.364. The predicted octanol–water partition coefficient (Wildman–Crippen LogP) is 5.56. The van der Waals surface area contributed by atoms with E-state index < -0.39 is 10.9 Å². The molecular weight excluding hydrogens is 384 g/mol. The van der Waals surface area contributed by atoms with E-state index >= 15 is 0 Å². The molecule has 2 aliphatic heterocycles. The Morgan fingerprint density at radius 1 is 1.25 bits per heavy atom. The Hall–Kier alpha value is -1.89. The van der Waals surface area contributed by atoms with Crippen LogP contribution in [-0.4, -0.2) is 35.1 Å². The quantitative estimate of drug-likeness (QED) is 0.437. The van der Waals surface area contributed by atoms with Crippen LogP contribution in [0.3, 0.4) is 0 Å². The highest BCUT2D eigenvalue weighted by molar-refractivity contribution is 8.29. The number of nitrogen functional groups attached to an aromatic ring is 1. The molecule has 1 fully saturated rings. The molecule has 0 bridgehead atoms. The molecule has 4 heterocycles. The molecule has 0 radical (unpaired) electrons. The minimum Gasteiger partial charge on any atom is -0.399 e. The Morgan fingerprint density at radius 3 is 3.07 bits per heavy atom. The standard InChI is InChI=1S/C22H26N4S2/c1-2-9-26-10-3-4-15(13-26)19-12-17-20(7-8-24-22(17)27-19)28-14-25-18-11-16(23)5-6-21(18)28/h5-8,11-12,14-15,28H,2-4,9-10,13,23H2,1H3. The van der Waals surface area contributed by atoms with Gasteiger partial charge in [-0.2, -0.15) is 10.9 Å². The molecule has 146 valence electrons. The molecule has 5 rings (SSSR count). The van der Waals surface area contributed by atoms with Crippen molar-refractivity contribution in [1.82, 2.24) is 9.88 Å². The van der Waals surface area contributed by atoms with E-state index in [1.54, 1.807) is 0 Å². The number of thiophene rings is 1. The molecule has 2 aliphatic rings. The molecule has 0 saturated carbocycles. The zero-order chi connectivity index (χ0) is 19.1. The molecular formula is C22H26N4S2. The summed E-state index contributed by atoms with van der Waals surface area (Å²) in [6, 6.07) is 10.7. The number of pyridine rings is 1. The van der Waals surface area contributed by atoms with Crippen molar-refractivity contribution in [1.29, 1.82) is 0 Å². The van der Waals surface area contributed by atoms with Crippen molar-refractivity contribution in [2.45, 2.75) is 41.9 Å². The van der Waals surface area contributed by atoms with Crippen molar-refractivity contribution in [3.63, 3.8) is 0 Å². The number of nitrogens with two attached hydrogens (primary N) is 1. The summed E-state index contributed by atoms with van der Waals surface area (Å²) in [6.07, 6.45) is 5.79. The molecule has 3 aromatic rings. The average molecular weight is 411 g/mol. The summed E-state index contributed by atoms with van der Waals surface area (Å²) in [5, 5.41) is 1.32. The molecule has 2 aromatic heterocycles. The average Bonchev–Trinajstić information content (AvgIpc) is 3.32. The lowest BCUT2D eigenvalue weighted by molar-refractivity contribution is 0.210. The first-order valence-electron chi connectivity index (χ1n) is 10.1. The van der Waals surface area contributed by atoms with Crippen LogP contribution in [0.2, 0.25) is 0 Å². The van der Waals surface area contributed by atoms with Crippen molar-refractivity contribution in [2.24, 2.45) is 4.99 Å². The van der Waals surface area contributed by atoms with Crippen LogP contribution >= 0.6 is 22.2 Å². The van der Waals surface area contributed by atoms with E-state index in [-0.39, 0.29) is 0 Å². The topological polar surface area (TPSA) is 54.5 Å². The SMILES string of the molecule is CCCN1CCCC(c2cc3c([SH]4C=Nc5cc(N)ccc54)ccnc3s2)C1. The lowest BCUT2D eigenvalue weighted by Gasteiger charge is -2.31. The maximum atomic E-state index is 5.95. The minimum atomic E-state index is -0.578. The fourth-order valence-corrected chi connectivity index (χ4v) is 7.62. The molecule has 2 N–H and O–H groups in total. The Labute approximate surface area is 172 Å². The number of aromatic nitrogens is 1. The summed E-state index contributed by atoms with van der Waals surface area (Å²) in [5.74, 6) is 0.643. The van der Waals surface area contributed by atoms with E-state index in [0.717, 1.165) is 11.4 Å². The molecule has 0 aliphatic carbocycles. The molecule has 2 atom stereocenters. The van der Waals surface area contributed by atoms with Crippen LogP contribution in [0.4, 0.5) is 11.4 Å². The van der Waals surface area contributed by atoms with Gasteiger partial charge in [0.15, 0.2) is 0 Å². The van der Waals surface area contributed by atoms with E-state index in [1.807, 2.05) is 29.7 Å². The summed E-state index contributed by atoms with van der Waals surface area (Å²) >= 11 is 1.89. The number of piperidine rings is 1. The van der Waals surface area contributed by atoms with Crippen LogP contribution in [0.1, 0.15) is 37.0 Å². The third kappa shape index (κ3) is 3.23. The van der Waals surface area contributed by atoms with Gasteiger partial charge in [0.1, 0.15) is 4.83 Å². The Balaban J connectivity index is 1.50. The second kappa shape index (κ2) is 7.50. The van der Waals surface area contributed by atoms with Crippen LogP contribution in [0, 0.1) is 0 Å². The maximum Gasteiger partial charge on any atom is 0.124 e. The van der Waals surface area contributed by atoms with Crippen LogP contribution in [0.25, 0.3) is 10.2 Å². The highest BCUT2D eigenvalue weighted by atomic mass is 32.2. The Bertz CT molecular complexity index is 1040. The molecule has 28 heavy (non-hydrogen) atoms. The van der Waals surface area contributed by atoms with Gasteiger partial charge in [0.05, 0.1) is 5.69 Å². The molecule has 6 heteroatoms. The van der Waals surface area contributed by atoms with Gasteiger partial charge in [-0.15, -0.1) is 11.3 Å². The maximum absolute atomic E-state index is 5.95. The van der Waals surface area contributed by atoms with Gasteiger partial charge < -0.3 is 10.6 Å². The van der Waals surface area contributed by atoms with Gasteiger partial charge in [-0.1, -0.05) is 6.92 Å². The smallest absolute Gasteiger partial charge is 0.124 e. The van der Waals surface area contributed by atoms with Crippen molar-refractivity contribution < 1.29 is 0 Å². The molecule has 1 saturated heterocycles. The second-order valence-electron chi connectivity index (χ2n) is 7.70. The summed E-state index contributed by atoms with van der Waals surface area (Å²) in [4.78, 5) is 17.3. The Kier molecular flexibility index (Phi) is 4.87. The lowest BCUT2D eigenvalue weighted by atomic mass is 9.96. The van der Waals surface area contributed by atoms with E-state index in [2.05, 4.69) is 40.6 Å². The number of nitrogens with zero attached hydrogens (tertiary/aromatic N) is 3. The van der Waals surface area contributed by atoms with Gasteiger partial charge >= 0.3 is 0 Å². The van der Waals surface area contributed by atoms with Crippen molar-refractivity contribution >= 4 is 49.4 Å². The summed E-state index contributed by atoms with van der Waals surface area (Å²) in [6.45, 7) is 5.93. The first-order chi connectivity index (χ1) is 13.7. The summed E-state index contributed by atoms with van der Waals surface area (Å²) in [5.41, 5.74) is 9.86. The fourth-order valence-electron chi connectivity index (χ4n) is 4.38. The third-order valence-electron chi connectivity index (χ3n) is 5.71. The number of rotatable bonds is 4. The number of thiol groups is 1. The molecule has 1 aromatic carbocycles.